The first-order valence-electron chi connectivity index (χ1n) is 7.95. The molecule has 1 unspecified atom stereocenters. The van der Waals surface area contributed by atoms with Crippen molar-refractivity contribution in [3.05, 3.63) is 18.0 Å². The molecule has 3 N–H and O–H groups in total. The van der Waals surface area contributed by atoms with Crippen molar-refractivity contribution >= 4 is 6.09 Å². The van der Waals surface area contributed by atoms with Gasteiger partial charge < -0.3 is 15.4 Å². The number of hydrogen-bond acceptors (Lipinski definition) is 4. The zero-order chi connectivity index (χ0) is 16.8. The number of aromatic nitrogens is 2. The normalized spacial score (nSPS) is 13.7. The summed E-state index contributed by atoms with van der Waals surface area (Å²) < 4.78 is 5.38. The molecule has 0 saturated heterocycles. The third kappa shape index (κ3) is 5.67. The number of H-pyrrole nitrogens is 1. The Kier molecular flexibility index (Phi) is 6.41. The minimum Gasteiger partial charge on any atom is -0.444 e. The summed E-state index contributed by atoms with van der Waals surface area (Å²) in [5.41, 5.74) is 0.211. The van der Waals surface area contributed by atoms with Gasteiger partial charge in [-0.3, -0.25) is 5.10 Å². The number of hydrogen-bond donors (Lipinski definition) is 3. The lowest BCUT2D eigenvalue weighted by molar-refractivity contribution is 0.0444. The molecule has 0 saturated carbocycles. The fourth-order valence-corrected chi connectivity index (χ4v) is 2.21. The van der Waals surface area contributed by atoms with Crippen molar-refractivity contribution in [3.63, 3.8) is 0 Å². The van der Waals surface area contributed by atoms with Gasteiger partial charge in [-0.15, -0.1) is 0 Å². The van der Waals surface area contributed by atoms with E-state index in [1.165, 1.54) is 0 Å². The van der Waals surface area contributed by atoms with E-state index in [2.05, 4.69) is 41.6 Å². The summed E-state index contributed by atoms with van der Waals surface area (Å²) in [6.07, 6.45) is 3.02. The molecular formula is C16H30N4O2. The lowest BCUT2D eigenvalue weighted by Crippen LogP contribution is -2.55. The molecule has 0 aliphatic heterocycles. The van der Waals surface area contributed by atoms with Crippen LogP contribution in [0.2, 0.25) is 0 Å². The van der Waals surface area contributed by atoms with Crippen LogP contribution < -0.4 is 10.6 Å². The maximum atomic E-state index is 12.1. The fraction of sp³-hybridized carbons (Fsp3) is 0.750. The smallest absolute Gasteiger partial charge is 0.408 e. The van der Waals surface area contributed by atoms with Crippen molar-refractivity contribution in [2.45, 2.75) is 71.6 Å². The van der Waals surface area contributed by atoms with Crippen molar-refractivity contribution in [3.8, 4) is 0 Å². The molecule has 0 bridgehead atoms. The molecule has 1 atom stereocenters. The van der Waals surface area contributed by atoms with Crippen LogP contribution >= 0.6 is 0 Å². The van der Waals surface area contributed by atoms with E-state index >= 15 is 0 Å². The summed E-state index contributed by atoms with van der Waals surface area (Å²) in [5.74, 6) is 0. The van der Waals surface area contributed by atoms with Crippen LogP contribution in [0.4, 0.5) is 4.79 Å². The highest BCUT2D eigenvalue weighted by molar-refractivity contribution is 5.68. The van der Waals surface area contributed by atoms with Gasteiger partial charge in [-0.2, -0.15) is 5.10 Å². The second-order valence-electron chi connectivity index (χ2n) is 6.73. The molecule has 6 nitrogen and oxygen atoms in total. The standard InChI is InChI=1S/C16H30N4O2/c1-7-16(8-2,19-14(21)22-15(4,5)6)11-17-12(3)13-9-10-18-20-13/h9-10,12,17H,7-8,11H2,1-6H3,(H,18,20)(H,19,21). The van der Waals surface area contributed by atoms with Crippen molar-refractivity contribution in [2.75, 3.05) is 6.54 Å². The number of alkyl carbamates (subject to hydrolysis) is 1. The van der Waals surface area contributed by atoms with Crippen molar-refractivity contribution in [1.29, 1.82) is 0 Å². The molecule has 1 aromatic rings. The van der Waals surface area contributed by atoms with E-state index in [1.807, 2.05) is 26.8 Å². The number of nitrogens with zero attached hydrogens (tertiary/aromatic N) is 1. The predicted molar refractivity (Wildman–Crippen MR) is 87.7 cm³/mol. The van der Waals surface area contributed by atoms with Crippen molar-refractivity contribution in [2.24, 2.45) is 0 Å². The molecule has 0 aromatic carbocycles. The fourth-order valence-electron chi connectivity index (χ4n) is 2.21. The maximum absolute atomic E-state index is 12.1. The van der Waals surface area contributed by atoms with Crippen LogP contribution in [0.5, 0.6) is 0 Å². The topological polar surface area (TPSA) is 79.0 Å². The first kappa shape index (κ1) is 18.5. The average Bonchev–Trinajstić information content (AvgIpc) is 2.95. The molecule has 0 aliphatic carbocycles. The third-order valence-electron chi connectivity index (χ3n) is 3.86. The van der Waals surface area contributed by atoms with Gasteiger partial charge in [0.05, 0.1) is 11.2 Å². The average molecular weight is 310 g/mol. The van der Waals surface area contributed by atoms with Crippen LogP contribution in [-0.2, 0) is 4.74 Å². The SMILES string of the molecule is CCC(CC)(CNC(C)c1ccn[nH]1)NC(=O)OC(C)(C)C. The van der Waals surface area contributed by atoms with Gasteiger partial charge in [0.1, 0.15) is 5.60 Å². The Morgan fingerprint density at radius 2 is 2.00 bits per heavy atom. The Morgan fingerprint density at radius 3 is 2.45 bits per heavy atom. The molecule has 1 amide bonds. The monoisotopic (exact) mass is 310 g/mol. The van der Waals surface area contributed by atoms with Gasteiger partial charge >= 0.3 is 6.09 Å². The second-order valence-corrected chi connectivity index (χ2v) is 6.73. The van der Waals surface area contributed by atoms with E-state index in [4.69, 9.17) is 4.74 Å². The summed E-state index contributed by atoms with van der Waals surface area (Å²) >= 11 is 0. The van der Waals surface area contributed by atoms with E-state index in [-0.39, 0.29) is 17.7 Å². The zero-order valence-corrected chi connectivity index (χ0v) is 14.6. The molecule has 1 aromatic heterocycles. The summed E-state index contributed by atoms with van der Waals surface area (Å²) in [6.45, 7) is 12.5. The van der Waals surface area contributed by atoms with Gasteiger partial charge in [0.2, 0.25) is 0 Å². The van der Waals surface area contributed by atoms with Gasteiger partial charge in [-0.25, -0.2) is 4.79 Å². The molecule has 22 heavy (non-hydrogen) atoms. The van der Waals surface area contributed by atoms with Gasteiger partial charge in [-0.1, -0.05) is 13.8 Å². The summed E-state index contributed by atoms with van der Waals surface area (Å²) in [5, 5.41) is 13.4. The first-order chi connectivity index (χ1) is 10.2. The largest absolute Gasteiger partial charge is 0.444 e. The van der Waals surface area contributed by atoms with Crippen LogP contribution in [0.15, 0.2) is 12.3 Å². The lowest BCUT2D eigenvalue weighted by Gasteiger charge is -2.35. The van der Waals surface area contributed by atoms with Gasteiger partial charge in [0.15, 0.2) is 0 Å². The minimum atomic E-state index is -0.492. The molecular weight excluding hydrogens is 280 g/mol. The third-order valence-corrected chi connectivity index (χ3v) is 3.86. The Morgan fingerprint density at radius 1 is 1.36 bits per heavy atom. The van der Waals surface area contributed by atoms with Crippen LogP contribution in [-0.4, -0.2) is 34.0 Å². The number of carbonyl (C=O) groups excluding carboxylic acids is 1. The molecule has 1 rings (SSSR count). The van der Waals surface area contributed by atoms with E-state index in [1.54, 1.807) is 6.20 Å². The quantitative estimate of drug-likeness (QED) is 0.723. The van der Waals surface area contributed by atoms with Gasteiger partial charge in [0.25, 0.3) is 0 Å². The molecule has 0 aliphatic rings. The summed E-state index contributed by atoms with van der Waals surface area (Å²) in [4.78, 5) is 12.1. The lowest BCUT2D eigenvalue weighted by atomic mass is 9.92. The second kappa shape index (κ2) is 7.63. The van der Waals surface area contributed by atoms with Gasteiger partial charge in [0, 0.05) is 18.8 Å². The molecule has 0 radical (unpaired) electrons. The van der Waals surface area contributed by atoms with Gasteiger partial charge in [-0.05, 0) is 46.6 Å². The predicted octanol–water partition coefficient (Wildman–Crippen LogP) is 3.14. The van der Waals surface area contributed by atoms with Crippen LogP contribution in [0, 0.1) is 0 Å². The van der Waals surface area contributed by atoms with E-state index in [0.717, 1.165) is 18.5 Å². The van der Waals surface area contributed by atoms with Crippen LogP contribution in [0.25, 0.3) is 0 Å². The van der Waals surface area contributed by atoms with Crippen molar-refractivity contribution < 1.29 is 9.53 Å². The number of carbonyl (C=O) groups is 1. The van der Waals surface area contributed by atoms with E-state index < -0.39 is 5.60 Å². The number of aromatic amines is 1. The maximum Gasteiger partial charge on any atom is 0.408 e. The molecule has 0 spiro atoms. The van der Waals surface area contributed by atoms with Crippen molar-refractivity contribution in [1.82, 2.24) is 20.8 Å². The summed E-state index contributed by atoms with van der Waals surface area (Å²) in [6, 6.07) is 2.08. The number of ether oxygens (including phenoxy) is 1. The van der Waals surface area contributed by atoms with Crippen LogP contribution in [0.1, 0.15) is 66.1 Å². The Labute approximate surface area is 133 Å². The highest BCUT2D eigenvalue weighted by Crippen LogP contribution is 2.18. The highest BCUT2D eigenvalue weighted by Gasteiger charge is 2.30. The minimum absolute atomic E-state index is 0.139. The number of amides is 1. The molecule has 0 fully saturated rings. The Hall–Kier alpha value is -1.56. The molecule has 126 valence electrons. The molecule has 6 heteroatoms. The zero-order valence-electron chi connectivity index (χ0n) is 14.6. The summed E-state index contributed by atoms with van der Waals surface area (Å²) in [7, 11) is 0. The Balaban J connectivity index is 2.64. The van der Waals surface area contributed by atoms with E-state index in [9.17, 15) is 4.79 Å². The highest BCUT2D eigenvalue weighted by atomic mass is 16.6. The molecule has 1 heterocycles. The number of nitrogens with one attached hydrogen (secondary N) is 3. The Bertz CT molecular complexity index is 447. The first-order valence-corrected chi connectivity index (χ1v) is 7.95. The van der Waals surface area contributed by atoms with Crippen LogP contribution in [0.3, 0.4) is 0 Å². The van der Waals surface area contributed by atoms with E-state index in [0.29, 0.717) is 6.54 Å². The number of rotatable bonds is 7.